The molecule has 2 aromatic carbocycles. The molecule has 1 amide bonds. The molecule has 28 heavy (non-hydrogen) atoms. The molecule has 0 spiro atoms. The predicted octanol–water partition coefficient (Wildman–Crippen LogP) is 3.59. The zero-order valence-corrected chi connectivity index (χ0v) is 16.9. The number of carbonyl (C=O) groups is 1. The number of hydrogen-bond donors (Lipinski definition) is 1. The van der Waals surface area contributed by atoms with Crippen LogP contribution in [-0.4, -0.2) is 36.9 Å². The zero-order valence-electron chi connectivity index (χ0n) is 16.1. The number of hydrogen-bond acceptors (Lipinski definition) is 4. The molecule has 7 heteroatoms. The van der Waals surface area contributed by atoms with Crippen molar-refractivity contribution in [1.82, 2.24) is 15.1 Å². The van der Waals surface area contributed by atoms with E-state index in [-0.39, 0.29) is 12.5 Å². The number of amides is 1. The average molecular weight is 399 g/mol. The molecule has 0 aliphatic rings. The Hall–Kier alpha value is -2.99. The van der Waals surface area contributed by atoms with Gasteiger partial charge in [-0.25, -0.2) is 0 Å². The van der Waals surface area contributed by atoms with Crippen molar-refractivity contribution < 1.29 is 9.53 Å². The lowest BCUT2D eigenvalue weighted by Gasteiger charge is -2.11. The summed E-state index contributed by atoms with van der Waals surface area (Å²) in [4.78, 5) is 14.3. The first-order valence-electron chi connectivity index (χ1n) is 8.86. The first kappa shape index (κ1) is 19.8. The molecule has 3 rings (SSSR count). The normalized spacial score (nSPS) is 10.6. The Kier molecular flexibility index (Phi) is 6.21. The van der Waals surface area contributed by atoms with E-state index in [1.165, 1.54) is 0 Å². The van der Waals surface area contributed by atoms with Crippen molar-refractivity contribution in [3.05, 3.63) is 65.3 Å². The van der Waals surface area contributed by atoms with Crippen LogP contribution in [0.1, 0.15) is 5.56 Å². The van der Waals surface area contributed by atoms with Gasteiger partial charge in [0.2, 0.25) is 5.91 Å². The van der Waals surface area contributed by atoms with Gasteiger partial charge < -0.3 is 15.0 Å². The molecule has 3 aromatic rings. The van der Waals surface area contributed by atoms with Crippen molar-refractivity contribution >= 4 is 23.3 Å². The topological polar surface area (TPSA) is 59.4 Å². The molecule has 0 saturated carbocycles. The minimum absolute atomic E-state index is 0.113. The number of ether oxygens (including phenoxy) is 1. The number of halogens is 1. The highest BCUT2D eigenvalue weighted by Gasteiger charge is 2.14. The van der Waals surface area contributed by atoms with Gasteiger partial charge in [-0.15, -0.1) is 0 Å². The third kappa shape index (κ3) is 4.84. The Balaban J connectivity index is 1.70. The molecule has 146 valence electrons. The average Bonchev–Trinajstić information content (AvgIpc) is 3.11. The maximum Gasteiger partial charge on any atom is 0.241 e. The van der Waals surface area contributed by atoms with Crippen molar-refractivity contribution in [2.24, 2.45) is 0 Å². The number of methoxy groups -OCH3 is 1. The first-order chi connectivity index (χ1) is 13.5. The standard InChI is InChI=1S/C21H23ClN4O2/c1-25(2)21-19(16-7-9-17(22)10-8-16)13-26(24-21)14-20(27)23-12-15-5-4-6-18(11-15)28-3/h4-11,13H,12,14H2,1-3H3,(H,23,27). The van der Waals surface area contributed by atoms with Gasteiger partial charge in [0.15, 0.2) is 5.82 Å². The molecule has 0 fully saturated rings. The molecule has 0 aliphatic heterocycles. The maximum absolute atomic E-state index is 12.4. The Morgan fingerprint density at radius 1 is 1.21 bits per heavy atom. The lowest BCUT2D eigenvalue weighted by Crippen LogP contribution is -2.27. The number of benzene rings is 2. The van der Waals surface area contributed by atoms with Crippen molar-refractivity contribution in [3.8, 4) is 16.9 Å². The van der Waals surface area contributed by atoms with E-state index in [1.54, 1.807) is 11.8 Å². The van der Waals surface area contributed by atoms with Crippen LogP contribution >= 0.6 is 11.6 Å². The third-order valence-corrected chi connectivity index (χ3v) is 4.50. The lowest BCUT2D eigenvalue weighted by molar-refractivity contribution is -0.122. The van der Waals surface area contributed by atoms with Crippen molar-refractivity contribution in [2.45, 2.75) is 13.1 Å². The molecular formula is C21H23ClN4O2. The van der Waals surface area contributed by atoms with Crippen molar-refractivity contribution in [2.75, 3.05) is 26.1 Å². The van der Waals surface area contributed by atoms with Crippen molar-refractivity contribution in [3.63, 3.8) is 0 Å². The fraction of sp³-hybridized carbons (Fsp3) is 0.238. The molecule has 6 nitrogen and oxygen atoms in total. The Bertz CT molecular complexity index is 951. The predicted molar refractivity (Wildman–Crippen MR) is 112 cm³/mol. The largest absolute Gasteiger partial charge is 0.497 e. The van der Waals surface area contributed by atoms with E-state index in [0.29, 0.717) is 11.6 Å². The van der Waals surface area contributed by atoms with E-state index in [0.717, 1.165) is 28.3 Å². The molecule has 1 heterocycles. The minimum atomic E-state index is -0.113. The molecule has 0 bridgehead atoms. The van der Waals surface area contributed by atoms with Gasteiger partial charge in [-0.05, 0) is 35.4 Å². The summed E-state index contributed by atoms with van der Waals surface area (Å²) in [5, 5.41) is 8.16. The van der Waals surface area contributed by atoms with E-state index in [1.807, 2.05) is 73.7 Å². The summed E-state index contributed by atoms with van der Waals surface area (Å²) in [5.41, 5.74) is 2.92. The summed E-state index contributed by atoms with van der Waals surface area (Å²) >= 11 is 5.99. The van der Waals surface area contributed by atoms with Crippen LogP contribution in [0.15, 0.2) is 54.7 Å². The highest BCUT2D eigenvalue weighted by atomic mass is 35.5. The first-order valence-corrected chi connectivity index (χ1v) is 9.24. The molecular weight excluding hydrogens is 376 g/mol. The number of anilines is 1. The van der Waals surface area contributed by atoms with Crippen molar-refractivity contribution in [1.29, 1.82) is 0 Å². The number of aromatic nitrogens is 2. The van der Waals surface area contributed by atoms with E-state index in [2.05, 4.69) is 10.4 Å². The van der Waals surface area contributed by atoms with Crippen LogP contribution in [0, 0.1) is 0 Å². The monoisotopic (exact) mass is 398 g/mol. The van der Waals surface area contributed by atoms with Gasteiger partial charge in [0.1, 0.15) is 12.3 Å². The molecule has 0 radical (unpaired) electrons. The highest BCUT2D eigenvalue weighted by molar-refractivity contribution is 6.30. The molecule has 0 saturated heterocycles. The third-order valence-electron chi connectivity index (χ3n) is 4.25. The fourth-order valence-electron chi connectivity index (χ4n) is 2.84. The molecule has 1 N–H and O–H groups in total. The van der Waals surface area contributed by atoms with Gasteiger partial charge in [0.25, 0.3) is 0 Å². The Morgan fingerprint density at radius 3 is 2.64 bits per heavy atom. The van der Waals surface area contributed by atoms with Gasteiger partial charge >= 0.3 is 0 Å². The summed E-state index contributed by atoms with van der Waals surface area (Å²) in [6.07, 6.45) is 1.88. The smallest absolute Gasteiger partial charge is 0.241 e. The van der Waals surface area contributed by atoms with E-state index in [9.17, 15) is 4.79 Å². The second-order valence-electron chi connectivity index (χ2n) is 6.59. The second-order valence-corrected chi connectivity index (χ2v) is 7.03. The van der Waals surface area contributed by atoms with E-state index < -0.39 is 0 Å². The van der Waals surface area contributed by atoms with Crippen LogP contribution in [0.25, 0.3) is 11.1 Å². The fourth-order valence-corrected chi connectivity index (χ4v) is 2.97. The van der Waals surface area contributed by atoms with Gasteiger partial charge in [0, 0.05) is 37.4 Å². The van der Waals surface area contributed by atoms with E-state index in [4.69, 9.17) is 16.3 Å². The van der Waals surface area contributed by atoms with Crippen LogP contribution in [-0.2, 0) is 17.9 Å². The van der Waals surface area contributed by atoms with Gasteiger partial charge in [-0.3, -0.25) is 9.48 Å². The number of nitrogens with one attached hydrogen (secondary N) is 1. The number of rotatable bonds is 7. The Labute approximate surface area is 169 Å². The van der Waals surface area contributed by atoms with Crippen LogP contribution in [0.5, 0.6) is 5.75 Å². The van der Waals surface area contributed by atoms with Gasteiger partial charge in [-0.1, -0.05) is 35.9 Å². The quantitative estimate of drug-likeness (QED) is 0.660. The Morgan fingerprint density at radius 2 is 1.96 bits per heavy atom. The highest BCUT2D eigenvalue weighted by Crippen LogP contribution is 2.29. The van der Waals surface area contributed by atoms with Gasteiger partial charge in [-0.2, -0.15) is 5.10 Å². The van der Waals surface area contributed by atoms with Crippen LogP contribution < -0.4 is 15.0 Å². The van der Waals surface area contributed by atoms with E-state index >= 15 is 0 Å². The zero-order chi connectivity index (χ0) is 20.1. The molecule has 1 aromatic heterocycles. The summed E-state index contributed by atoms with van der Waals surface area (Å²) < 4.78 is 6.86. The summed E-state index contributed by atoms with van der Waals surface area (Å²) in [6, 6.07) is 15.2. The minimum Gasteiger partial charge on any atom is -0.497 e. The summed E-state index contributed by atoms with van der Waals surface area (Å²) in [7, 11) is 5.47. The van der Waals surface area contributed by atoms with Crippen LogP contribution in [0.3, 0.4) is 0 Å². The molecule has 0 aliphatic carbocycles. The summed E-state index contributed by atoms with van der Waals surface area (Å²) in [6.45, 7) is 0.570. The van der Waals surface area contributed by atoms with Crippen LogP contribution in [0.2, 0.25) is 5.02 Å². The molecule has 0 atom stereocenters. The lowest BCUT2D eigenvalue weighted by atomic mass is 10.1. The second kappa shape index (κ2) is 8.80. The maximum atomic E-state index is 12.4. The van der Waals surface area contributed by atoms with Gasteiger partial charge in [0.05, 0.1) is 7.11 Å². The number of nitrogens with zero attached hydrogens (tertiary/aromatic N) is 3. The SMILES string of the molecule is COc1cccc(CNC(=O)Cn2cc(-c3ccc(Cl)cc3)c(N(C)C)n2)c1. The summed E-state index contributed by atoms with van der Waals surface area (Å²) in [5.74, 6) is 1.45. The van der Waals surface area contributed by atoms with Crippen LogP contribution in [0.4, 0.5) is 5.82 Å². The number of carbonyl (C=O) groups excluding carboxylic acids is 1. The molecule has 0 unspecified atom stereocenters.